The van der Waals surface area contributed by atoms with E-state index in [0.717, 1.165) is 0 Å². The lowest BCUT2D eigenvalue weighted by atomic mass is 10.4. The van der Waals surface area contributed by atoms with Crippen LogP contribution in [-0.4, -0.2) is 16.1 Å². The summed E-state index contributed by atoms with van der Waals surface area (Å²) in [4.78, 5) is 9.69. The van der Waals surface area contributed by atoms with Crippen LogP contribution in [0.25, 0.3) is 0 Å². The summed E-state index contributed by atoms with van der Waals surface area (Å²) in [5.74, 6) is -0.750. The lowest BCUT2D eigenvalue weighted by Crippen LogP contribution is -2.14. The first-order chi connectivity index (χ1) is 3.13. The summed E-state index contributed by atoms with van der Waals surface area (Å²) >= 11 is 0. The van der Waals surface area contributed by atoms with Gasteiger partial charge in [-0.3, -0.25) is 4.79 Å². The fourth-order valence-electron chi connectivity index (χ4n) is 0.156. The molecule has 0 fully saturated rings. The SMILES string of the molecule is NC(=O)C[C](O)O. The molecular weight excluding hydrogens is 98.0 g/mol. The van der Waals surface area contributed by atoms with Crippen LogP contribution in [0.2, 0.25) is 0 Å². The van der Waals surface area contributed by atoms with Crippen molar-refractivity contribution < 1.29 is 15.0 Å². The monoisotopic (exact) mass is 104 g/mol. The van der Waals surface area contributed by atoms with Crippen molar-refractivity contribution in [3.8, 4) is 0 Å². The Morgan fingerprint density at radius 2 is 2.00 bits per heavy atom. The average Bonchev–Trinajstić information content (AvgIpc) is 1.27. The molecule has 0 aliphatic heterocycles. The second kappa shape index (κ2) is 2.54. The summed E-state index contributed by atoms with van der Waals surface area (Å²) in [5.41, 5.74) is 4.51. The first-order valence-corrected chi connectivity index (χ1v) is 1.65. The van der Waals surface area contributed by atoms with E-state index in [-0.39, 0.29) is 0 Å². The van der Waals surface area contributed by atoms with Crippen LogP contribution in [0.15, 0.2) is 0 Å². The van der Waals surface area contributed by atoms with E-state index in [9.17, 15) is 4.79 Å². The number of rotatable bonds is 2. The Labute approximate surface area is 40.6 Å². The summed E-state index contributed by atoms with van der Waals surface area (Å²) in [6.45, 7) is 0. The van der Waals surface area contributed by atoms with Gasteiger partial charge in [0.05, 0.1) is 6.42 Å². The summed E-state index contributed by atoms with van der Waals surface area (Å²) in [7, 11) is 0. The van der Waals surface area contributed by atoms with Gasteiger partial charge in [0.15, 0.2) is 0 Å². The van der Waals surface area contributed by atoms with E-state index in [4.69, 9.17) is 10.2 Å². The molecular formula is C3H6NO3. The molecule has 0 spiro atoms. The van der Waals surface area contributed by atoms with Crippen LogP contribution in [-0.2, 0) is 4.79 Å². The average molecular weight is 104 g/mol. The van der Waals surface area contributed by atoms with Gasteiger partial charge in [-0.1, -0.05) is 0 Å². The highest BCUT2D eigenvalue weighted by molar-refractivity contribution is 5.74. The second-order valence-electron chi connectivity index (χ2n) is 1.06. The minimum atomic E-state index is -0.937. The van der Waals surface area contributed by atoms with Gasteiger partial charge >= 0.3 is 0 Å². The molecule has 0 aromatic rings. The minimum Gasteiger partial charge on any atom is -0.369 e. The fraction of sp³-hybridized carbons (Fsp3) is 0.333. The van der Waals surface area contributed by atoms with Gasteiger partial charge in [0, 0.05) is 0 Å². The highest BCUT2D eigenvalue weighted by Gasteiger charge is 2.02. The molecule has 0 unspecified atom stereocenters. The third-order valence-electron chi connectivity index (χ3n) is 0.332. The van der Waals surface area contributed by atoms with E-state index >= 15 is 0 Å². The van der Waals surface area contributed by atoms with E-state index in [1.54, 1.807) is 0 Å². The Balaban J connectivity index is 3.13. The molecule has 0 bridgehead atoms. The normalized spacial score (nSPS) is 9.57. The van der Waals surface area contributed by atoms with Crippen LogP contribution < -0.4 is 5.73 Å². The summed E-state index contributed by atoms with van der Waals surface area (Å²) in [6, 6.07) is 0. The number of carbonyl (C=O) groups is 1. The van der Waals surface area contributed by atoms with Gasteiger partial charge in [-0.15, -0.1) is 0 Å². The number of aliphatic hydroxyl groups is 2. The number of amides is 1. The molecule has 4 heteroatoms. The number of nitrogens with two attached hydrogens (primary N) is 1. The molecule has 0 aromatic carbocycles. The zero-order valence-electron chi connectivity index (χ0n) is 3.59. The summed E-state index contributed by atoms with van der Waals surface area (Å²) in [5, 5.41) is 15.8. The van der Waals surface area contributed by atoms with Crippen LogP contribution in [0.1, 0.15) is 6.42 Å². The topological polar surface area (TPSA) is 83.6 Å². The number of aliphatic hydroxyl groups excluding tert-OH is 1. The Bertz CT molecular complexity index is 70.6. The summed E-state index contributed by atoms with van der Waals surface area (Å²) in [6.07, 6.45) is -1.41. The molecule has 4 nitrogen and oxygen atoms in total. The maximum atomic E-state index is 9.69. The highest BCUT2D eigenvalue weighted by Crippen LogP contribution is 1.90. The van der Waals surface area contributed by atoms with Crippen molar-refractivity contribution in [2.75, 3.05) is 0 Å². The van der Waals surface area contributed by atoms with E-state index < -0.39 is 18.6 Å². The van der Waals surface area contributed by atoms with E-state index in [2.05, 4.69) is 5.73 Å². The zero-order valence-corrected chi connectivity index (χ0v) is 3.59. The maximum absolute atomic E-state index is 9.69. The van der Waals surface area contributed by atoms with Crippen molar-refractivity contribution in [2.45, 2.75) is 6.42 Å². The molecule has 0 aromatic heterocycles. The predicted octanol–water partition coefficient (Wildman–Crippen LogP) is -0.904. The Morgan fingerprint density at radius 3 is 2.00 bits per heavy atom. The van der Waals surface area contributed by atoms with Crippen LogP contribution in [0.5, 0.6) is 0 Å². The van der Waals surface area contributed by atoms with Crippen molar-refractivity contribution >= 4 is 5.91 Å². The van der Waals surface area contributed by atoms with Gasteiger partial charge in [0.25, 0.3) is 0 Å². The molecule has 0 heterocycles. The van der Waals surface area contributed by atoms with E-state index in [0.29, 0.717) is 0 Å². The quantitative estimate of drug-likeness (QED) is 0.424. The van der Waals surface area contributed by atoms with Gasteiger partial charge in [-0.05, 0) is 0 Å². The highest BCUT2D eigenvalue weighted by atomic mass is 16.5. The minimum absolute atomic E-state index is 0.472. The molecule has 0 saturated carbocycles. The molecule has 41 valence electrons. The number of primary amides is 1. The number of carbonyl (C=O) groups excluding carboxylic acids is 1. The molecule has 4 N–H and O–H groups in total. The lowest BCUT2D eigenvalue weighted by Gasteiger charge is -1.92. The molecule has 0 aliphatic carbocycles. The molecule has 7 heavy (non-hydrogen) atoms. The standard InChI is InChI=1S/C3H6NO3/c4-2(5)1-3(6)7/h6-7H,1H2,(H2,4,5). The van der Waals surface area contributed by atoms with Gasteiger partial charge in [-0.2, -0.15) is 0 Å². The zero-order chi connectivity index (χ0) is 5.86. The van der Waals surface area contributed by atoms with Gasteiger partial charge in [0.2, 0.25) is 12.2 Å². The molecule has 0 rings (SSSR count). The molecule has 1 amide bonds. The lowest BCUT2D eigenvalue weighted by molar-refractivity contribution is -0.120. The van der Waals surface area contributed by atoms with Crippen molar-refractivity contribution in [1.29, 1.82) is 0 Å². The maximum Gasteiger partial charge on any atom is 0.227 e. The smallest absolute Gasteiger partial charge is 0.227 e. The Hall–Kier alpha value is -0.610. The first-order valence-electron chi connectivity index (χ1n) is 1.65. The van der Waals surface area contributed by atoms with E-state index in [1.165, 1.54) is 0 Å². The largest absolute Gasteiger partial charge is 0.369 e. The van der Waals surface area contributed by atoms with Crippen LogP contribution in [0.3, 0.4) is 0 Å². The molecule has 0 aliphatic rings. The molecule has 1 radical (unpaired) electrons. The van der Waals surface area contributed by atoms with Crippen molar-refractivity contribution in [1.82, 2.24) is 0 Å². The van der Waals surface area contributed by atoms with Gasteiger partial charge < -0.3 is 15.9 Å². The Kier molecular flexibility index (Phi) is 2.32. The Morgan fingerprint density at radius 1 is 1.57 bits per heavy atom. The van der Waals surface area contributed by atoms with Crippen molar-refractivity contribution in [2.24, 2.45) is 5.73 Å². The second-order valence-corrected chi connectivity index (χ2v) is 1.06. The third kappa shape index (κ3) is 5.39. The predicted molar refractivity (Wildman–Crippen MR) is 20.9 cm³/mol. The first kappa shape index (κ1) is 6.39. The molecule has 0 atom stereocenters. The molecule has 0 saturated heterocycles. The third-order valence-corrected chi connectivity index (χ3v) is 0.332. The van der Waals surface area contributed by atoms with Gasteiger partial charge in [-0.25, -0.2) is 0 Å². The van der Waals surface area contributed by atoms with Crippen molar-refractivity contribution in [3.63, 3.8) is 0 Å². The van der Waals surface area contributed by atoms with Crippen molar-refractivity contribution in [3.05, 3.63) is 6.29 Å². The van der Waals surface area contributed by atoms with Crippen LogP contribution in [0.4, 0.5) is 0 Å². The van der Waals surface area contributed by atoms with Crippen LogP contribution in [0, 0.1) is 6.29 Å². The fourth-order valence-corrected chi connectivity index (χ4v) is 0.156. The van der Waals surface area contributed by atoms with E-state index in [1.807, 2.05) is 0 Å². The van der Waals surface area contributed by atoms with Crippen LogP contribution >= 0.6 is 0 Å². The summed E-state index contributed by atoms with van der Waals surface area (Å²) < 4.78 is 0. The number of hydrogen-bond donors (Lipinski definition) is 3. The number of hydrogen-bond acceptors (Lipinski definition) is 3. The van der Waals surface area contributed by atoms with Gasteiger partial charge in [0.1, 0.15) is 0 Å².